The van der Waals surface area contributed by atoms with Crippen LogP contribution in [0.5, 0.6) is 0 Å². The van der Waals surface area contributed by atoms with Gasteiger partial charge in [0.15, 0.2) is 8.32 Å². The van der Waals surface area contributed by atoms with Crippen LogP contribution in [0.25, 0.3) is 0 Å². The summed E-state index contributed by atoms with van der Waals surface area (Å²) in [6.07, 6.45) is 0. The van der Waals surface area contributed by atoms with Crippen molar-refractivity contribution in [1.82, 2.24) is 0 Å². The third-order valence-electron chi connectivity index (χ3n) is 3.90. The Hall–Kier alpha value is -0.723. The highest BCUT2D eigenvalue weighted by atomic mass is 79.9. The average Bonchev–Trinajstić information content (AvgIpc) is 2.34. The lowest BCUT2D eigenvalue weighted by Gasteiger charge is -2.36. The van der Waals surface area contributed by atoms with E-state index in [1.807, 2.05) is 6.07 Å². The van der Waals surface area contributed by atoms with Gasteiger partial charge in [0.2, 0.25) is 0 Å². The van der Waals surface area contributed by atoms with E-state index in [0.29, 0.717) is 17.5 Å². The minimum Gasteiger partial charge on any atom is -0.413 e. The van der Waals surface area contributed by atoms with Crippen molar-refractivity contribution in [3.63, 3.8) is 0 Å². The molecule has 0 N–H and O–H groups in total. The Morgan fingerprint density at radius 1 is 1.35 bits per heavy atom. The molecule has 1 aromatic carbocycles. The van der Waals surface area contributed by atoms with Crippen molar-refractivity contribution >= 4 is 29.9 Å². The van der Waals surface area contributed by atoms with E-state index in [-0.39, 0.29) is 15.6 Å². The fourth-order valence-electron chi connectivity index (χ4n) is 1.46. The van der Waals surface area contributed by atoms with Crippen LogP contribution in [0.1, 0.15) is 31.9 Å². The molecule has 0 saturated heterocycles. The number of nitro groups is 1. The number of rotatable bonds is 5. The fraction of sp³-hybridized carbons (Fsp3) is 0.571. The summed E-state index contributed by atoms with van der Waals surface area (Å²) in [6.45, 7) is 11.3. The van der Waals surface area contributed by atoms with E-state index >= 15 is 0 Å². The first kappa shape index (κ1) is 17.3. The Morgan fingerprint density at radius 3 is 2.40 bits per heavy atom. The summed E-state index contributed by atoms with van der Waals surface area (Å²) in [6, 6.07) is 5.30. The minimum atomic E-state index is -1.83. The molecule has 4 nitrogen and oxygen atoms in total. The number of halogens is 1. The van der Waals surface area contributed by atoms with Gasteiger partial charge in [-0.25, -0.2) is 0 Å². The molecule has 0 aliphatic carbocycles. The number of hydrogen-bond donors (Lipinski definition) is 0. The van der Waals surface area contributed by atoms with Crippen LogP contribution in [-0.4, -0.2) is 13.2 Å². The van der Waals surface area contributed by atoms with Crippen LogP contribution in [-0.2, 0) is 16.4 Å². The van der Waals surface area contributed by atoms with Crippen LogP contribution in [0.3, 0.4) is 0 Å². The maximum absolute atomic E-state index is 11.0. The van der Waals surface area contributed by atoms with Crippen LogP contribution in [0.4, 0.5) is 5.69 Å². The van der Waals surface area contributed by atoms with Gasteiger partial charge >= 0.3 is 0 Å². The first-order valence-electron chi connectivity index (χ1n) is 6.54. The lowest BCUT2D eigenvalue weighted by Crippen LogP contribution is -2.40. The van der Waals surface area contributed by atoms with Crippen molar-refractivity contribution in [2.45, 2.75) is 50.8 Å². The molecule has 0 aliphatic heterocycles. The molecule has 6 heteroatoms. The van der Waals surface area contributed by atoms with Crippen molar-refractivity contribution in [2.24, 2.45) is 0 Å². The molecule has 0 amide bonds. The van der Waals surface area contributed by atoms with Crippen molar-refractivity contribution < 1.29 is 9.35 Å². The van der Waals surface area contributed by atoms with Gasteiger partial charge in [0.1, 0.15) is 0 Å². The van der Waals surface area contributed by atoms with Gasteiger partial charge in [-0.3, -0.25) is 10.1 Å². The standard InChI is InChI=1S/C14H22BrNO3Si/c1-14(2,3)20(4,5)19-10-11-6-7-12(9-15)13(8-11)16(17)18/h6-8H,9-10H2,1-5H3. The van der Waals surface area contributed by atoms with Gasteiger partial charge in [-0.1, -0.05) is 48.8 Å². The second-order valence-electron chi connectivity index (χ2n) is 6.40. The summed E-state index contributed by atoms with van der Waals surface area (Å²) in [5.41, 5.74) is 1.69. The van der Waals surface area contributed by atoms with E-state index in [1.165, 1.54) is 0 Å². The van der Waals surface area contributed by atoms with Gasteiger partial charge < -0.3 is 4.43 Å². The Morgan fingerprint density at radius 2 is 1.95 bits per heavy atom. The Balaban J connectivity index is 2.90. The number of nitro benzene ring substituents is 1. The number of nitrogens with zero attached hydrogens (tertiary/aromatic N) is 1. The van der Waals surface area contributed by atoms with Crippen LogP contribution in [0.2, 0.25) is 18.1 Å². The third-order valence-corrected chi connectivity index (χ3v) is 8.98. The molecule has 0 saturated carbocycles. The molecule has 112 valence electrons. The van der Waals surface area contributed by atoms with Crippen molar-refractivity contribution in [2.75, 3.05) is 0 Å². The minimum absolute atomic E-state index is 0.134. The SMILES string of the molecule is CC(C)(C)[Si](C)(C)OCc1ccc(CBr)c([N+](=O)[O-])c1. The summed E-state index contributed by atoms with van der Waals surface area (Å²) in [4.78, 5) is 10.7. The zero-order valence-electron chi connectivity index (χ0n) is 12.7. The van der Waals surface area contributed by atoms with Gasteiger partial charge in [0.05, 0.1) is 11.5 Å². The predicted octanol–water partition coefficient (Wildman–Crippen LogP) is 5.01. The third kappa shape index (κ3) is 4.13. The average molecular weight is 360 g/mol. The second-order valence-corrected chi connectivity index (χ2v) is 11.8. The summed E-state index contributed by atoms with van der Waals surface area (Å²) >= 11 is 3.27. The summed E-state index contributed by atoms with van der Waals surface area (Å²) in [5, 5.41) is 11.7. The molecular formula is C14H22BrNO3Si. The highest BCUT2D eigenvalue weighted by Crippen LogP contribution is 2.37. The first-order chi connectivity index (χ1) is 9.08. The van der Waals surface area contributed by atoms with Gasteiger partial charge in [0, 0.05) is 17.0 Å². The van der Waals surface area contributed by atoms with Crippen LogP contribution in [0, 0.1) is 10.1 Å². The van der Waals surface area contributed by atoms with E-state index in [1.54, 1.807) is 12.1 Å². The van der Waals surface area contributed by atoms with Crippen molar-refractivity contribution in [3.05, 3.63) is 39.4 Å². The lowest BCUT2D eigenvalue weighted by atomic mass is 10.1. The van der Waals surface area contributed by atoms with Crippen LogP contribution in [0.15, 0.2) is 18.2 Å². The molecule has 1 aromatic rings. The lowest BCUT2D eigenvalue weighted by molar-refractivity contribution is -0.385. The maximum Gasteiger partial charge on any atom is 0.273 e. The smallest absolute Gasteiger partial charge is 0.273 e. The fourth-order valence-corrected chi connectivity index (χ4v) is 2.90. The summed E-state index contributed by atoms with van der Waals surface area (Å²) < 4.78 is 6.09. The first-order valence-corrected chi connectivity index (χ1v) is 10.6. The molecule has 0 heterocycles. The zero-order valence-corrected chi connectivity index (χ0v) is 15.3. The topological polar surface area (TPSA) is 52.4 Å². The molecule has 0 bridgehead atoms. The Kier molecular flexibility index (Phi) is 5.51. The second kappa shape index (κ2) is 6.36. The normalized spacial score (nSPS) is 12.5. The van der Waals surface area contributed by atoms with Crippen molar-refractivity contribution in [1.29, 1.82) is 0 Å². The molecule has 1 rings (SSSR count). The number of hydrogen-bond acceptors (Lipinski definition) is 3. The van der Waals surface area contributed by atoms with E-state index in [0.717, 1.165) is 5.56 Å². The maximum atomic E-state index is 11.0. The molecule has 0 aliphatic rings. The van der Waals surface area contributed by atoms with E-state index < -0.39 is 8.32 Å². The summed E-state index contributed by atoms with van der Waals surface area (Å²) in [5.74, 6) is 0. The number of alkyl halides is 1. The van der Waals surface area contributed by atoms with Crippen LogP contribution >= 0.6 is 15.9 Å². The highest BCUT2D eigenvalue weighted by molar-refractivity contribution is 9.08. The molecule has 0 aromatic heterocycles. The molecule has 0 radical (unpaired) electrons. The van der Waals surface area contributed by atoms with Crippen LogP contribution < -0.4 is 0 Å². The monoisotopic (exact) mass is 359 g/mol. The number of benzene rings is 1. The van der Waals surface area contributed by atoms with Gasteiger partial charge in [-0.15, -0.1) is 0 Å². The van der Waals surface area contributed by atoms with Gasteiger partial charge in [0.25, 0.3) is 5.69 Å². The molecule has 0 spiro atoms. The molecule has 0 atom stereocenters. The largest absolute Gasteiger partial charge is 0.413 e. The van der Waals surface area contributed by atoms with Crippen molar-refractivity contribution in [3.8, 4) is 0 Å². The Bertz CT molecular complexity index is 498. The summed E-state index contributed by atoms with van der Waals surface area (Å²) in [7, 11) is -1.83. The zero-order chi connectivity index (χ0) is 15.6. The molecule has 0 fully saturated rings. The Labute approximate surface area is 129 Å². The van der Waals surface area contributed by atoms with Gasteiger partial charge in [-0.05, 0) is 23.7 Å². The quantitative estimate of drug-likeness (QED) is 0.321. The molecule has 20 heavy (non-hydrogen) atoms. The van der Waals surface area contributed by atoms with E-state index in [9.17, 15) is 10.1 Å². The highest BCUT2D eigenvalue weighted by Gasteiger charge is 2.37. The van der Waals surface area contributed by atoms with Gasteiger partial charge in [-0.2, -0.15) is 0 Å². The van der Waals surface area contributed by atoms with E-state index in [4.69, 9.17) is 4.43 Å². The van der Waals surface area contributed by atoms with E-state index in [2.05, 4.69) is 49.8 Å². The molecular weight excluding hydrogens is 338 g/mol. The molecule has 0 unspecified atom stereocenters. The predicted molar refractivity (Wildman–Crippen MR) is 87.7 cm³/mol.